The van der Waals surface area contributed by atoms with Gasteiger partial charge in [-0.1, -0.05) is 48.5 Å². The summed E-state index contributed by atoms with van der Waals surface area (Å²) in [5, 5.41) is 12.7. The van der Waals surface area contributed by atoms with E-state index in [-0.39, 0.29) is 12.0 Å². The number of para-hydroxylation sites is 1. The number of imidazole rings is 1. The maximum absolute atomic E-state index is 13.1. The summed E-state index contributed by atoms with van der Waals surface area (Å²) >= 11 is 0. The Morgan fingerprint density at radius 1 is 1.13 bits per heavy atom. The smallest absolute Gasteiger partial charge is 0.328 e. The SMILES string of the molecule is O=C(O)[C@H](Cc1cnc[nH]1)N=Cc1c(-c2ccccc2)[nH]n(-c2ccccc2)c1=O. The van der Waals surface area contributed by atoms with Crippen molar-refractivity contribution in [3.63, 3.8) is 0 Å². The summed E-state index contributed by atoms with van der Waals surface area (Å²) in [6.45, 7) is 0. The molecule has 4 rings (SSSR count). The maximum Gasteiger partial charge on any atom is 0.328 e. The average Bonchev–Trinajstić information content (AvgIpc) is 3.40. The fourth-order valence-corrected chi connectivity index (χ4v) is 3.13. The molecule has 0 amide bonds. The number of hydrogen-bond acceptors (Lipinski definition) is 4. The van der Waals surface area contributed by atoms with Crippen molar-refractivity contribution in [1.82, 2.24) is 19.7 Å². The van der Waals surface area contributed by atoms with Gasteiger partial charge in [0.2, 0.25) is 0 Å². The van der Waals surface area contributed by atoms with Crippen molar-refractivity contribution in [2.45, 2.75) is 12.5 Å². The molecule has 0 aliphatic heterocycles. The van der Waals surface area contributed by atoms with Crippen LogP contribution in [0.2, 0.25) is 0 Å². The number of aromatic nitrogens is 4. The van der Waals surface area contributed by atoms with Gasteiger partial charge in [-0.2, -0.15) is 0 Å². The molecule has 0 saturated heterocycles. The fraction of sp³-hybridized carbons (Fsp3) is 0.0909. The van der Waals surface area contributed by atoms with Crippen molar-refractivity contribution in [3.05, 3.63) is 94.8 Å². The quantitative estimate of drug-likeness (QED) is 0.413. The second-order valence-electron chi connectivity index (χ2n) is 6.66. The van der Waals surface area contributed by atoms with Crippen LogP contribution in [0, 0.1) is 0 Å². The normalized spacial score (nSPS) is 12.3. The number of aromatic amines is 2. The maximum atomic E-state index is 13.1. The topological polar surface area (TPSA) is 116 Å². The molecule has 3 N–H and O–H groups in total. The summed E-state index contributed by atoms with van der Waals surface area (Å²) in [6.07, 6.45) is 4.52. The molecule has 0 aliphatic rings. The van der Waals surface area contributed by atoms with Gasteiger partial charge in [-0.15, -0.1) is 0 Å². The predicted molar refractivity (Wildman–Crippen MR) is 113 cm³/mol. The van der Waals surface area contributed by atoms with Crippen LogP contribution < -0.4 is 5.56 Å². The summed E-state index contributed by atoms with van der Waals surface area (Å²) in [7, 11) is 0. The Balaban J connectivity index is 1.77. The van der Waals surface area contributed by atoms with Crippen molar-refractivity contribution in [3.8, 4) is 16.9 Å². The van der Waals surface area contributed by atoms with Crippen LogP contribution in [0.1, 0.15) is 11.3 Å². The molecule has 1 atom stereocenters. The zero-order chi connectivity index (χ0) is 20.9. The number of benzene rings is 2. The van der Waals surface area contributed by atoms with Gasteiger partial charge in [-0.25, -0.2) is 14.5 Å². The molecule has 30 heavy (non-hydrogen) atoms. The molecule has 0 aliphatic carbocycles. The van der Waals surface area contributed by atoms with Gasteiger partial charge in [-0.05, 0) is 12.1 Å². The largest absolute Gasteiger partial charge is 0.480 e. The van der Waals surface area contributed by atoms with Gasteiger partial charge in [0.15, 0.2) is 6.04 Å². The fourth-order valence-electron chi connectivity index (χ4n) is 3.13. The molecular weight excluding hydrogens is 382 g/mol. The lowest BCUT2D eigenvalue weighted by Gasteiger charge is -2.05. The number of carboxylic acids is 1. The van der Waals surface area contributed by atoms with Crippen molar-refractivity contribution in [1.29, 1.82) is 0 Å². The molecule has 0 unspecified atom stereocenters. The highest BCUT2D eigenvalue weighted by atomic mass is 16.4. The Hall–Kier alpha value is -4.20. The van der Waals surface area contributed by atoms with E-state index < -0.39 is 12.0 Å². The number of hydrogen-bond donors (Lipinski definition) is 3. The van der Waals surface area contributed by atoms with E-state index in [2.05, 4.69) is 20.1 Å². The minimum Gasteiger partial charge on any atom is -0.480 e. The van der Waals surface area contributed by atoms with E-state index in [9.17, 15) is 14.7 Å². The van der Waals surface area contributed by atoms with Crippen molar-refractivity contribution in [2.24, 2.45) is 4.99 Å². The third kappa shape index (κ3) is 3.97. The lowest BCUT2D eigenvalue weighted by Crippen LogP contribution is -2.22. The van der Waals surface area contributed by atoms with Gasteiger partial charge >= 0.3 is 5.97 Å². The van der Waals surface area contributed by atoms with Crippen LogP contribution in [-0.4, -0.2) is 43.1 Å². The molecule has 2 aromatic carbocycles. The molecule has 4 aromatic rings. The van der Waals surface area contributed by atoms with Crippen LogP contribution in [0.5, 0.6) is 0 Å². The summed E-state index contributed by atoms with van der Waals surface area (Å²) < 4.78 is 1.42. The Bertz CT molecular complexity index is 1210. The van der Waals surface area contributed by atoms with Crippen LogP contribution in [0.4, 0.5) is 0 Å². The summed E-state index contributed by atoms with van der Waals surface area (Å²) in [6, 6.07) is 17.5. The number of aliphatic carboxylic acids is 1. The molecule has 0 radical (unpaired) electrons. The van der Waals surface area contributed by atoms with E-state index in [0.717, 1.165) is 5.56 Å². The highest BCUT2D eigenvalue weighted by Crippen LogP contribution is 2.20. The third-order valence-corrected chi connectivity index (χ3v) is 4.64. The first-order valence-electron chi connectivity index (χ1n) is 9.32. The molecule has 150 valence electrons. The average molecular weight is 401 g/mol. The predicted octanol–water partition coefficient (Wildman–Crippen LogP) is 2.67. The molecule has 2 heterocycles. The molecular formula is C22H19N5O3. The number of carboxylic acid groups (broad SMARTS) is 1. The second kappa shape index (κ2) is 8.44. The van der Waals surface area contributed by atoms with Gasteiger partial charge in [-0.3, -0.25) is 14.9 Å². The number of nitrogens with zero attached hydrogens (tertiary/aromatic N) is 3. The van der Waals surface area contributed by atoms with Crippen LogP contribution in [0.15, 0.2) is 83.0 Å². The lowest BCUT2D eigenvalue weighted by atomic mass is 10.1. The van der Waals surface area contributed by atoms with Crippen LogP contribution in [0.25, 0.3) is 16.9 Å². The van der Waals surface area contributed by atoms with Gasteiger partial charge in [0.25, 0.3) is 5.56 Å². The van der Waals surface area contributed by atoms with Crippen molar-refractivity contribution >= 4 is 12.2 Å². The molecule has 0 spiro atoms. The molecule has 2 aromatic heterocycles. The van der Waals surface area contributed by atoms with Crippen molar-refractivity contribution in [2.75, 3.05) is 0 Å². The first-order chi connectivity index (χ1) is 14.6. The monoisotopic (exact) mass is 401 g/mol. The van der Waals surface area contributed by atoms with Crippen LogP contribution in [-0.2, 0) is 11.2 Å². The summed E-state index contributed by atoms with van der Waals surface area (Å²) in [4.78, 5) is 35.8. The molecule has 8 heteroatoms. The van der Waals surface area contributed by atoms with Gasteiger partial charge in [0, 0.05) is 30.1 Å². The zero-order valence-corrected chi connectivity index (χ0v) is 15.9. The molecule has 8 nitrogen and oxygen atoms in total. The van der Waals surface area contributed by atoms with Crippen molar-refractivity contribution < 1.29 is 9.90 Å². The standard InChI is InChI=1S/C22H19N5O3/c28-21-18(13-24-19(22(29)30)11-16-12-23-14-25-16)20(15-7-3-1-4-8-15)26-27(21)17-9-5-2-6-10-17/h1-10,12-14,19,26H,11H2,(H,23,25)(H,29,30)/t19-/m0/s1. The van der Waals surface area contributed by atoms with E-state index in [4.69, 9.17) is 0 Å². The molecule has 0 bridgehead atoms. The Morgan fingerprint density at radius 2 is 1.83 bits per heavy atom. The Labute approximate surface area is 171 Å². The highest BCUT2D eigenvalue weighted by Gasteiger charge is 2.19. The van der Waals surface area contributed by atoms with Gasteiger partial charge < -0.3 is 10.1 Å². The van der Waals surface area contributed by atoms with E-state index in [0.29, 0.717) is 22.6 Å². The van der Waals surface area contributed by atoms with Crippen LogP contribution in [0.3, 0.4) is 0 Å². The zero-order valence-electron chi connectivity index (χ0n) is 15.9. The first-order valence-corrected chi connectivity index (χ1v) is 9.32. The van der Waals surface area contributed by atoms with Gasteiger partial charge in [0.05, 0.1) is 23.3 Å². The van der Waals surface area contributed by atoms with Gasteiger partial charge in [0.1, 0.15) is 0 Å². The minimum absolute atomic E-state index is 0.143. The number of aliphatic imine (C=N–C) groups is 1. The number of carbonyl (C=O) groups is 1. The van der Waals surface area contributed by atoms with E-state index in [1.54, 1.807) is 6.20 Å². The Kier molecular flexibility index (Phi) is 5.38. The second-order valence-corrected chi connectivity index (χ2v) is 6.66. The number of nitrogens with one attached hydrogen (secondary N) is 2. The summed E-state index contributed by atoms with van der Waals surface area (Å²) in [5.41, 5.74) is 2.67. The molecule has 0 saturated carbocycles. The third-order valence-electron chi connectivity index (χ3n) is 4.64. The first kappa shape index (κ1) is 19.1. The lowest BCUT2D eigenvalue weighted by molar-refractivity contribution is -0.138. The van der Waals surface area contributed by atoms with E-state index in [1.807, 2.05) is 60.7 Å². The highest BCUT2D eigenvalue weighted by molar-refractivity contribution is 5.90. The minimum atomic E-state index is -1.08. The van der Waals surface area contributed by atoms with E-state index >= 15 is 0 Å². The number of rotatable bonds is 7. The summed E-state index contributed by atoms with van der Waals surface area (Å²) in [5.74, 6) is -1.08. The Morgan fingerprint density at radius 3 is 2.47 bits per heavy atom. The van der Waals surface area contributed by atoms with Crippen LogP contribution >= 0.6 is 0 Å². The molecule has 0 fully saturated rings. The van der Waals surface area contributed by atoms with E-state index in [1.165, 1.54) is 17.2 Å². The number of H-pyrrole nitrogens is 2.